The van der Waals surface area contributed by atoms with Gasteiger partial charge in [-0.25, -0.2) is 0 Å². The third kappa shape index (κ3) is 3.28. The summed E-state index contributed by atoms with van der Waals surface area (Å²) >= 11 is 0. The Kier molecular flexibility index (Phi) is 5.09. The normalized spacial score (nSPS) is 33.7. The van der Waals surface area contributed by atoms with Gasteiger partial charge in [0, 0.05) is 20.5 Å². The Labute approximate surface area is 145 Å². The van der Waals surface area contributed by atoms with E-state index in [1.54, 1.807) is 24.3 Å². The van der Waals surface area contributed by atoms with Crippen LogP contribution in [-0.4, -0.2) is 43.1 Å². The van der Waals surface area contributed by atoms with Gasteiger partial charge in [-0.1, -0.05) is 30.3 Å². The Bertz CT molecular complexity index is 609. The Hall–Kier alpha value is -1.57. The fourth-order valence-electron chi connectivity index (χ4n) is 3.57. The lowest BCUT2D eigenvalue weighted by atomic mass is 9.82. The van der Waals surface area contributed by atoms with Gasteiger partial charge in [0.05, 0.1) is 6.61 Å². The molecule has 2 bridgehead atoms. The van der Waals surface area contributed by atoms with Crippen molar-refractivity contribution in [1.82, 2.24) is 0 Å². The minimum Gasteiger partial charge on any atom is -0.457 e. The number of alkyl halides is 2. The standard InChI is InChI=1S/C18H22F2O5/c1-12(21)24-15-14-9-6-10-17(22-2,25-14)18(19,20)16(15)23-11-13-7-4-3-5-8-13/h3-5,7-8,14-16H,6,9-11H2,1-2H3/t14-,15+,16-,17+/m1/s1. The summed E-state index contributed by atoms with van der Waals surface area (Å²) in [7, 11) is 1.21. The van der Waals surface area contributed by atoms with E-state index in [0.29, 0.717) is 12.8 Å². The molecule has 0 spiro atoms. The van der Waals surface area contributed by atoms with E-state index in [1.165, 1.54) is 14.0 Å². The average Bonchev–Trinajstić information content (AvgIpc) is 2.60. The molecule has 0 aliphatic carbocycles. The highest BCUT2D eigenvalue weighted by Crippen LogP contribution is 2.51. The van der Waals surface area contributed by atoms with Gasteiger partial charge in [0.25, 0.3) is 0 Å². The monoisotopic (exact) mass is 356 g/mol. The molecule has 2 fully saturated rings. The van der Waals surface area contributed by atoms with Crippen molar-refractivity contribution in [3.8, 4) is 0 Å². The van der Waals surface area contributed by atoms with Crippen LogP contribution in [0, 0.1) is 0 Å². The van der Waals surface area contributed by atoms with Gasteiger partial charge in [-0.3, -0.25) is 4.79 Å². The van der Waals surface area contributed by atoms with Gasteiger partial charge in [0.15, 0.2) is 12.2 Å². The number of methoxy groups -OCH3 is 1. The molecule has 4 atom stereocenters. The molecular formula is C18H22F2O5. The number of benzene rings is 1. The molecule has 0 radical (unpaired) electrons. The second-order valence-corrected chi connectivity index (χ2v) is 6.42. The summed E-state index contributed by atoms with van der Waals surface area (Å²) < 4.78 is 51.9. The lowest BCUT2D eigenvalue weighted by Gasteiger charge is -2.54. The zero-order chi connectivity index (χ0) is 18.1. The highest BCUT2D eigenvalue weighted by molar-refractivity contribution is 5.66. The summed E-state index contributed by atoms with van der Waals surface area (Å²) in [6.07, 6.45) is -2.44. The van der Waals surface area contributed by atoms with E-state index < -0.39 is 36.0 Å². The maximum atomic E-state index is 15.2. The lowest BCUT2D eigenvalue weighted by Crippen LogP contribution is -2.71. The number of fused-ring (bicyclic) bond motifs is 2. The third-order valence-corrected chi connectivity index (χ3v) is 4.77. The van der Waals surface area contributed by atoms with E-state index >= 15 is 8.78 Å². The predicted molar refractivity (Wildman–Crippen MR) is 84.0 cm³/mol. The summed E-state index contributed by atoms with van der Waals surface area (Å²) in [6, 6.07) is 9.00. The second kappa shape index (κ2) is 6.97. The van der Waals surface area contributed by atoms with E-state index in [0.717, 1.165) is 5.56 Å². The molecule has 0 unspecified atom stereocenters. The summed E-state index contributed by atoms with van der Waals surface area (Å²) in [4.78, 5) is 11.4. The molecule has 2 aliphatic rings. The highest BCUT2D eigenvalue weighted by atomic mass is 19.3. The van der Waals surface area contributed by atoms with Crippen LogP contribution >= 0.6 is 0 Å². The lowest BCUT2D eigenvalue weighted by molar-refractivity contribution is -0.426. The Morgan fingerprint density at radius 2 is 2.04 bits per heavy atom. The average molecular weight is 356 g/mol. The van der Waals surface area contributed by atoms with Crippen LogP contribution in [-0.2, 0) is 30.3 Å². The van der Waals surface area contributed by atoms with Gasteiger partial charge in [0.2, 0.25) is 5.79 Å². The first kappa shape index (κ1) is 18.2. The minimum atomic E-state index is -3.46. The largest absolute Gasteiger partial charge is 0.457 e. The van der Waals surface area contributed by atoms with Crippen molar-refractivity contribution in [2.75, 3.05) is 7.11 Å². The van der Waals surface area contributed by atoms with Crippen molar-refractivity contribution in [3.05, 3.63) is 35.9 Å². The van der Waals surface area contributed by atoms with Crippen LogP contribution in [0.25, 0.3) is 0 Å². The number of hydrogen-bond acceptors (Lipinski definition) is 5. The molecule has 2 aliphatic heterocycles. The molecule has 2 heterocycles. The number of esters is 1. The summed E-state index contributed by atoms with van der Waals surface area (Å²) in [5.41, 5.74) is 0.753. The molecule has 1 aromatic rings. The highest BCUT2D eigenvalue weighted by Gasteiger charge is 2.70. The molecule has 7 heteroatoms. The van der Waals surface area contributed by atoms with Crippen molar-refractivity contribution >= 4 is 5.97 Å². The van der Waals surface area contributed by atoms with Crippen LogP contribution in [0.3, 0.4) is 0 Å². The van der Waals surface area contributed by atoms with Crippen LogP contribution in [0.4, 0.5) is 8.78 Å². The molecule has 2 saturated heterocycles. The predicted octanol–water partition coefficient (Wildman–Crippen LogP) is 3.06. The molecular weight excluding hydrogens is 334 g/mol. The van der Waals surface area contributed by atoms with E-state index in [1.807, 2.05) is 6.07 Å². The van der Waals surface area contributed by atoms with E-state index in [2.05, 4.69) is 0 Å². The Morgan fingerprint density at radius 3 is 2.68 bits per heavy atom. The van der Waals surface area contributed by atoms with Crippen molar-refractivity contribution in [2.24, 2.45) is 0 Å². The smallest absolute Gasteiger partial charge is 0.329 e. The van der Waals surface area contributed by atoms with Gasteiger partial charge in [0.1, 0.15) is 6.10 Å². The van der Waals surface area contributed by atoms with E-state index in [-0.39, 0.29) is 13.0 Å². The Balaban J connectivity index is 1.89. The van der Waals surface area contributed by atoms with Crippen molar-refractivity contribution in [3.63, 3.8) is 0 Å². The molecule has 0 amide bonds. The number of carbonyl (C=O) groups excluding carboxylic acids is 1. The minimum absolute atomic E-state index is 0.0224. The third-order valence-electron chi connectivity index (χ3n) is 4.77. The number of ether oxygens (including phenoxy) is 4. The van der Waals surface area contributed by atoms with Crippen molar-refractivity contribution in [1.29, 1.82) is 0 Å². The number of hydrogen-bond donors (Lipinski definition) is 0. The second-order valence-electron chi connectivity index (χ2n) is 6.42. The molecule has 0 N–H and O–H groups in total. The van der Waals surface area contributed by atoms with Crippen LogP contribution in [0.2, 0.25) is 0 Å². The summed E-state index contributed by atoms with van der Waals surface area (Å²) in [6.45, 7) is 1.17. The molecule has 138 valence electrons. The zero-order valence-electron chi connectivity index (χ0n) is 14.2. The SMILES string of the molecule is CO[C@@]12CCC[C@@H](O1)[C@H](OC(C)=O)[C@@H](OCc1ccccc1)C2(F)F. The number of rotatable bonds is 5. The van der Waals surface area contributed by atoms with Crippen LogP contribution in [0.15, 0.2) is 30.3 Å². The maximum Gasteiger partial charge on any atom is 0.329 e. The number of carbonyl (C=O) groups is 1. The van der Waals surface area contributed by atoms with Gasteiger partial charge >= 0.3 is 11.9 Å². The van der Waals surface area contributed by atoms with Crippen LogP contribution in [0.5, 0.6) is 0 Å². The van der Waals surface area contributed by atoms with Gasteiger partial charge in [-0.15, -0.1) is 0 Å². The first-order chi connectivity index (χ1) is 11.9. The zero-order valence-corrected chi connectivity index (χ0v) is 14.2. The number of halogens is 2. The van der Waals surface area contributed by atoms with Crippen molar-refractivity contribution in [2.45, 2.75) is 62.8 Å². The molecule has 0 saturated carbocycles. The fourth-order valence-corrected chi connectivity index (χ4v) is 3.57. The van der Waals surface area contributed by atoms with Crippen LogP contribution < -0.4 is 0 Å². The quantitative estimate of drug-likeness (QED) is 0.759. The van der Waals surface area contributed by atoms with Gasteiger partial charge in [-0.05, 0) is 18.4 Å². The van der Waals surface area contributed by atoms with Crippen molar-refractivity contribution < 1.29 is 32.5 Å². The first-order valence-corrected chi connectivity index (χ1v) is 8.33. The first-order valence-electron chi connectivity index (χ1n) is 8.33. The van der Waals surface area contributed by atoms with E-state index in [4.69, 9.17) is 18.9 Å². The van der Waals surface area contributed by atoms with Gasteiger partial charge in [-0.2, -0.15) is 8.78 Å². The maximum absolute atomic E-state index is 15.2. The molecule has 5 nitrogen and oxygen atoms in total. The van der Waals surface area contributed by atoms with Gasteiger partial charge < -0.3 is 18.9 Å². The van der Waals surface area contributed by atoms with E-state index in [9.17, 15) is 4.79 Å². The fraction of sp³-hybridized carbons (Fsp3) is 0.611. The summed E-state index contributed by atoms with van der Waals surface area (Å²) in [5.74, 6) is -6.16. The molecule has 3 rings (SSSR count). The Morgan fingerprint density at radius 1 is 1.32 bits per heavy atom. The molecule has 25 heavy (non-hydrogen) atoms. The molecule has 1 aromatic carbocycles. The van der Waals surface area contributed by atoms with Crippen LogP contribution in [0.1, 0.15) is 31.7 Å². The summed E-state index contributed by atoms with van der Waals surface area (Å²) in [5, 5.41) is 0. The molecule has 0 aromatic heterocycles. The topological polar surface area (TPSA) is 54.0 Å².